The SMILES string of the molecule is CCOC(=O)C(C(=O)OCC)=C(OC)c1ccc2c(c1)OCO2. The normalized spacial score (nSPS) is 11.6. The van der Waals surface area contributed by atoms with Gasteiger partial charge in [0, 0.05) is 5.56 Å². The topological polar surface area (TPSA) is 80.3 Å². The molecule has 0 unspecified atom stereocenters. The van der Waals surface area contributed by atoms with Crippen molar-refractivity contribution in [2.75, 3.05) is 27.1 Å². The molecule has 0 radical (unpaired) electrons. The zero-order valence-corrected chi connectivity index (χ0v) is 13.2. The smallest absolute Gasteiger partial charge is 0.349 e. The molecule has 0 atom stereocenters. The molecular weight excluding hydrogens is 304 g/mol. The second-order valence-corrected chi connectivity index (χ2v) is 4.42. The lowest BCUT2D eigenvalue weighted by atomic mass is 10.1. The van der Waals surface area contributed by atoms with Crippen LogP contribution in [0.2, 0.25) is 0 Å². The van der Waals surface area contributed by atoms with Crippen LogP contribution in [0.3, 0.4) is 0 Å². The van der Waals surface area contributed by atoms with Crippen molar-refractivity contribution in [1.82, 2.24) is 0 Å². The molecule has 0 saturated heterocycles. The minimum atomic E-state index is -0.805. The molecule has 1 aromatic carbocycles. The number of ether oxygens (including phenoxy) is 5. The van der Waals surface area contributed by atoms with E-state index in [2.05, 4.69) is 0 Å². The first-order valence-electron chi connectivity index (χ1n) is 7.14. The third kappa shape index (κ3) is 3.56. The summed E-state index contributed by atoms with van der Waals surface area (Å²) in [6.07, 6.45) is 0. The van der Waals surface area contributed by atoms with E-state index in [9.17, 15) is 9.59 Å². The van der Waals surface area contributed by atoms with Crippen molar-refractivity contribution in [2.24, 2.45) is 0 Å². The molecule has 0 fully saturated rings. The first-order valence-corrected chi connectivity index (χ1v) is 7.14. The van der Waals surface area contributed by atoms with Gasteiger partial charge in [0.1, 0.15) is 5.76 Å². The Kier molecular flexibility index (Phi) is 5.46. The van der Waals surface area contributed by atoms with Gasteiger partial charge in [-0.15, -0.1) is 0 Å². The molecule has 0 bridgehead atoms. The van der Waals surface area contributed by atoms with Crippen LogP contribution < -0.4 is 9.47 Å². The second-order valence-electron chi connectivity index (χ2n) is 4.42. The van der Waals surface area contributed by atoms with Crippen molar-refractivity contribution < 1.29 is 33.3 Å². The lowest BCUT2D eigenvalue weighted by Crippen LogP contribution is -2.20. The highest BCUT2D eigenvalue weighted by Crippen LogP contribution is 2.35. The Bertz CT molecular complexity index is 613. The molecular formula is C16H18O7. The number of hydrogen-bond acceptors (Lipinski definition) is 7. The molecule has 0 spiro atoms. The fourth-order valence-electron chi connectivity index (χ4n) is 2.08. The summed E-state index contributed by atoms with van der Waals surface area (Å²) in [5.41, 5.74) is 0.183. The monoisotopic (exact) mass is 322 g/mol. The predicted octanol–water partition coefficient (Wildman–Crippen LogP) is 1.90. The van der Waals surface area contributed by atoms with Crippen molar-refractivity contribution in [1.29, 1.82) is 0 Å². The number of carbonyl (C=O) groups excluding carboxylic acids is 2. The minimum absolute atomic E-state index is 0.0557. The summed E-state index contributed by atoms with van der Waals surface area (Å²) in [5, 5.41) is 0. The maximum atomic E-state index is 12.2. The Hall–Kier alpha value is -2.70. The Morgan fingerprint density at radius 1 is 1.04 bits per heavy atom. The van der Waals surface area contributed by atoms with Crippen LogP contribution in [0.25, 0.3) is 5.76 Å². The molecule has 1 heterocycles. The minimum Gasteiger partial charge on any atom is -0.495 e. The van der Waals surface area contributed by atoms with Gasteiger partial charge in [-0.05, 0) is 32.0 Å². The van der Waals surface area contributed by atoms with Gasteiger partial charge in [-0.1, -0.05) is 0 Å². The average molecular weight is 322 g/mol. The lowest BCUT2D eigenvalue weighted by molar-refractivity contribution is -0.146. The van der Waals surface area contributed by atoms with Gasteiger partial charge in [0.05, 0.1) is 20.3 Å². The number of fused-ring (bicyclic) bond motifs is 1. The van der Waals surface area contributed by atoms with E-state index in [0.29, 0.717) is 17.1 Å². The summed E-state index contributed by atoms with van der Waals surface area (Å²) in [6.45, 7) is 3.66. The number of benzene rings is 1. The van der Waals surface area contributed by atoms with E-state index >= 15 is 0 Å². The van der Waals surface area contributed by atoms with E-state index in [-0.39, 0.29) is 31.3 Å². The van der Waals surface area contributed by atoms with Crippen LogP contribution in [-0.2, 0) is 23.8 Å². The lowest BCUT2D eigenvalue weighted by Gasteiger charge is -2.13. The van der Waals surface area contributed by atoms with Crippen LogP contribution in [0.1, 0.15) is 19.4 Å². The average Bonchev–Trinajstić information content (AvgIpc) is 3.00. The van der Waals surface area contributed by atoms with E-state index in [4.69, 9.17) is 23.7 Å². The Labute approximate surface area is 133 Å². The van der Waals surface area contributed by atoms with Gasteiger partial charge in [0.15, 0.2) is 17.1 Å². The Balaban J connectivity index is 2.50. The Morgan fingerprint density at radius 2 is 1.65 bits per heavy atom. The first kappa shape index (κ1) is 16.7. The fourth-order valence-corrected chi connectivity index (χ4v) is 2.08. The molecule has 0 aromatic heterocycles. The number of esters is 2. The highest BCUT2D eigenvalue weighted by atomic mass is 16.7. The van der Waals surface area contributed by atoms with Crippen molar-refractivity contribution >= 4 is 17.7 Å². The Morgan fingerprint density at radius 3 is 2.22 bits per heavy atom. The van der Waals surface area contributed by atoms with E-state index in [1.165, 1.54) is 7.11 Å². The maximum Gasteiger partial charge on any atom is 0.349 e. The molecule has 7 nitrogen and oxygen atoms in total. The molecule has 0 aliphatic carbocycles. The van der Waals surface area contributed by atoms with Crippen LogP contribution in [-0.4, -0.2) is 39.1 Å². The molecule has 0 saturated carbocycles. The number of carbonyl (C=O) groups is 2. The summed E-state index contributed by atoms with van der Waals surface area (Å²) in [4.78, 5) is 24.3. The van der Waals surface area contributed by atoms with E-state index < -0.39 is 11.9 Å². The molecule has 1 aliphatic rings. The molecule has 0 N–H and O–H groups in total. The molecule has 1 aliphatic heterocycles. The standard InChI is InChI=1S/C16H18O7/c1-4-20-15(17)13(16(18)21-5-2)14(19-3)10-6-7-11-12(8-10)23-9-22-11/h6-8H,4-5,9H2,1-3H3. The second kappa shape index (κ2) is 7.53. The molecule has 2 rings (SSSR count). The third-order valence-corrected chi connectivity index (χ3v) is 3.03. The summed E-state index contributed by atoms with van der Waals surface area (Å²) in [5.74, 6) is -0.469. The number of hydrogen-bond donors (Lipinski definition) is 0. The summed E-state index contributed by atoms with van der Waals surface area (Å²) in [7, 11) is 1.36. The van der Waals surface area contributed by atoms with E-state index in [1.54, 1.807) is 32.0 Å². The van der Waals surface area contributed by atoms with Gasteiger partial charge in [-0.25, -0.2) is 9.59 Å². The third-order valence-electron chi connectivity index (χ3n) is 3.03. The number of rotatable bonds is 6. The van der Waals surface area contributed by atoms with Crippen LogP contribution in [0.4, 0.5) is 0 Å². The highest BCUT2D eigenvalue weighted by molar-refractivity contribution is 6.19. The largest absolute Gasteiger partial charge is 0.495 e. The van der Waals surface area contributed by atoms with Crippen LogP contribution >= 0.6 is 0 Å². The first-order chi connectivity index (χ1) is 11.1. The van der Waals surface area contributed by atoms with Gasteiger partial charge >= 0.3 is 11.9 Å². The fraction of sp³-hybridized carbons (Fsp3) is 0.375. The van der Waals surface area contributed by atoms with E-state index in [0.717, 1.165) is 0 Å². The van der Waals surface area contributed by atoms with Gasteiger partial charge in [0.2, 0.25) is 6.79 Å². The van der Waals surface area contributed by atoms with Crippen molar-refractivity contribution in [3.05, 3.63) is 29.3 Å². The van der Waals surface area contributed by atoms with Crippen molar-refractivity contribution in [3.63, 3.8) is 0 Å². The zero-order valence-electron chi connectivity index (χ0n) is 13.2. The quantitative estimate of drug-likeness (QED) is 0.260. The molecule has 7 heteroatoms. The van der Waals surface area contributed by atoms with Gasteiger partial charge in [-0.2, -0.15) is 0 Å². The van der Waals surface area contributed by atoms with Crippen molar-refractivity contribution in [3.8, 4) is 11.5 Å². The van der Waals surface area contributed by atoms with Crippen LogP contribution in [0.5, 0.6) is 11.5 Å². The summed E-state index contributed by atoms with van der Waals surface area (Å²) < 4.78 is 25.7. The van der Waals surface area contributed by atoms with E-state index in [1.807, 2.05) is 0 Å². The van der Waals surface area contributed by atoms with Gasteiger partial charge in [-0.3, -0.25) is 0 Å². The summed E-state index contributed by atoms with van der Waals surface area (Å²) in [6, 6.07) is 4.95. The zero-order chi connectivity index (χ0) is 16.8. The van der Waals surface area contributed by atoms with Gasteiger partial charge in [0.25, 0.3) is 0 Å². The predicted molar refractivity (Wildman–Crippen MR) is 79.8 cm³/mol. The number of methoxy groups -OCH3 is 1. The molecule has 0 amide bonds. The maximum absolute atomic E-state index is 12.2. The van der Waals surface area contributed by atoms with Crippen LogP contribution in [0, 0.1) is 0 Å². The molecule has 124 valence electrons. The highest BCUT2D eigenvalue weighted by Gasteiger charge is 2.29. The van der Waals surface area contributed by atoms with Crippen LogP contribution in [0.15, 0.2) is 23.8 Å². The van der Waals surface area contributed by atoms with Gasteiger partial charge < -0.3 is 23.7 Å². The molecule has 23 heavy (non-hydrogen) atoms. The molecule has 1 aromatic rings. The van der Waals surface area contributed by atoms with Crippen molar-refractivity contribution in [2.45, 2.75) is 13.8 Å². The summed E-state index contributed by atoms with van der Waals surface area (Å²) >= 11 is 0.